The molecule has 3 aromatic carbocycles. The molecule has 1 aromatic heterocycles. The van der Waals surface area contributed by atoms with Gasteiger partial charge in [0.1, 0.15) is 23.7 Å². The number of hydrogen-bond donors (Lipinski definition) is 0. The van der Waals surface area contributed by atoms with Crippen LogP contribution in [0.5, 0.6) is 11.5 Å². The first-order valence-electron chi connectivity index (χ1n) is 10.5. The molecule has 0 fully saturated rings. The topological polar surface area (TPSA) is 51.9 Å². The molecule has 0 amide bonds. The number of ether oxygens (including phenoxy) is 2. The largest absolute Gasteiger partial charge is 0.489 e. The molecular weight excluding hydrogens is 426 g/mol. The molecule has 0 bridgehead atoms. The van der Waals surface area contributed by atoms with Gasteiger partial charge in [0.25, 0.3) is 0 Å². The first-order valence-corrected chi connectivity index (χ1v) is 10.9. The van der Waals surface area contributed by atoms with Crippen LogP contribution in [-0.2, 0) is 19.6 Å². The Kier molecular flexibility index (Phi) is 5.50. The minimum atomic E-state index is -0.365. The number of nitrogens with zero attached hydrogens (tertiary/aromatic N) is 1. The second kappa shape index (κ2) is 8.60. The van der Waals surface area contributed by atoms with Crippen molar-refractivity contribution in [1.82, 2.24) is 0 Å². The number of halogens is 1. The third kappa shape index (κ3) is 3.92. The number of fused-ring (bicyclic) bond motifs is 3. The molecule has 0 aliphatic carbocycles. The normalized spacial score (nSPS) is 13.0. The molecule has 4 aromatic rings. The first-order chi connectivity index (χ1) is 15.6. The fraction of sp³-hybridized carbons (Fsp3) is 0.192. The van der Waals surface area contributed by atoms with E-state index in [9.17, 15) is 4.79 Å². The summed E-state index contributed by atoms with van der Waals surface area (Å²) in [4.78, 5) is 14.2. The molecule has 162 valence electrons. The number of aryl methyl sites for hydroxylation is 1. The van der Waals surface area contributed by atoms with Crippen molar-refractivity contribution in [3.05, 3.63) is 98.9 Å². The van der Waals surface area contributed by atoms with E-state index in [-0.39, 0.29) is 5.63 Å². The van der Waals surface area contributed by atoms with Crippen molar-refractivity contribution in [2.75, 3.05) is 11.6 Å². The average molecular weight is 448 g/mol. The molecular formula is C26H22ClNO4. The fourth-order valence-corrected chi connectivity index (χ4v) is 4.28. The molecule has 0 saturated carbocycles. The smallest absolute Gasteiger partial charge is 0.336 e. The van der Waals surface area contributed by atoms with Crippen LogP contribution in [-0.4, -0.2) is 6.73 Å². The number of hydrogen-bond acceptors (Lipinski definition) is 5. The van der Waals surface area contributed by atoms with E-state index in [1.54, 1.807) is 0 Å². The van der Waals surface area contributed by atoms with Crippen LogP contribution in [0.4, 0.5) is 5.69 Å². The van der Waals surface area contributed by atoms with E-state index in [0.717, 1.165) is 33.5 Å². The lowest BCUT2D eigenvalue weighted by Gasteiger charge is -2.31. The van der Waals surface area contributed by atoms with Crippen LogP contribution in [0.3, 0.4) is 0 Å². The van der Waals surface area contributed by atoms with Gasteiger partial charge in [-0.25, -0.2) is 4.79 Å². The van der Waals surface area contributed by atoms with E-state index in [4.69, 9.17) is 25.5 Å². The van der Waals surface area contributed by atoms with Crippen LogP contribution in [0.2, 0.25) is 5.02 Å². The van der Waals surface area contributed by atoms with E-state index in [2.05, 4.69) is 4.90 Å². The molecule has 0 radical (unpaired) electrons. The van der Waals surface area contributed by atoms with Gasteiger partial charge in [0.15, 0.2) is 6.73 Å². The van der Waals surface area contributed by atoms with Crippen LogP contribution >= 0.6 is 11.6 Å². The molecule has 1 aliphatic rings. The molecule has 0 N–H and O–H groups in total. The summed E-state index contributed by atoms with van der Waals surface area (Å²) in [5.41, 5.74) is 3.98. The zero-order chi connectivity index (χ0) is 22.1. The average Bonchev–Trinajstić information content (AvgIpc) is 2.83. The predicted molar refractivity (Wildman–Crippen MR) is 126 cm³/mol. The van der Waals surface area contributed by atoms with Gasteiger partial charge in [-0.05, 0) is 47.9 Å². The molecule has 5 nitrogen and oxygen atoms in total. The number of rotatable bonds is 5. The van der Waals surface area contributed by atoms with Crippen LogP contribution in [0.1, 0.15) is 23.6 Å². The van der Waals surface area contributed by atoms with Gasteiger partial charge in [0.05, 0.1) is 17.1 Å². The second-order valence-corrected chi connectivity index (χ2v) is 8.13. The van der Waals surface area contributed by atoms with Crippen LogP contribution in [0.25, 0.3) is 11.0 Å². The summed E-state index contributed by atoms with van der Waals surface area (Å²) in [6.07, 6.45) is 0.715. The fourth-order valence-electron chi connectivity index (χ4n) is 4.00. The zero-order valence-corrected chi connectivity index (χ0v) is 18.4. The van der Waals surface area contributed by atoms with E-state index in [1.165, 1.54) is 6.07 Å². The van der Waals surface area contributed by atoms with E-state index >= 15 is 0 Å². The van der Waals surface area contributed by atoms with Gasteiger partial charge in [0, 0.05) is 17.1 Å². The zero-order valence-electron chi connectivity index (χ0n) is 17.6. The summed E-state index contributed by atoms with van der Waals surface area (Å²) >= 11 is 6.51. The van der Waals surface area contributed by atoms with Crippen molar-refractivity contribution >= 4 is 28.3 Å². The number of anilines is 1. The Bertz CT molecular complexity index is 1320. The SMILES string of the molecule is CCc1cc(=O)oc2c3c(c(Cl)cc12)OCN(c1ccc(OCc2ccccc2)cc1)C3. The van der Waals surface area contributed by atoms with Crippen molar-refractivity contribution in [3.8, 4) is 11.5 Å². The van der Waals surface area contributed by atoms with Crippen molar-refractivity contribution < 1.29 is 13.9 Å². The molecule has 0 unspecified atom stereocenters. The second-order valence-electron chi connectivity index (χ2n) is 7.73. The van der Waals surface area contributed by atoms with E-state index in [1.807, 2.05) is 67.6 Å². The van der Waals surface area contributed by atoms with Crippen LogP contribution in [0.15, 0.2) is 75.9 Å². The minimum absolute atomic E-state index is 0.347. The Morgan fingerprint density at radius 3 is 2.59 bits per heavy atom. The molecule has 1 aliphatic heterocycles. The maximum absolute atomic E-state index is 12.1. The van der Waals surface area contributed by atoms with Crippen LogP contribution < -0.4 is 20.0 Å². The Labute approximate surface area is 190 Å². The summed E-state index contributed by atoms with van der Waals surface area (Å²) in [7, 11) is 0. The third-order valence-electron chi connectivity index (χ3n) is 5.67. The predicted octanol–water partition coefficient (Wildman–Crippen LogP) is 5.94. The minimum Gasteiger partial charge on any atom is -0.489 e. The first kappa shape index (κ1) is 20.5. The Balaban J connectivity index is 1.40. The molecule has 0 spiro atoms. The quantitative estimate of drug-likeness (QED) is 0.354. The lowest BCUT2D eigenvalue weighted by molar-refractivity contribution is 0.289. The third-order valence-corrected chi connectivity index (χ3v) is 5.95. The maximum atomic E-state index is 12.1. The Morgan fingerprint density at radius 1 is 1.06 bits per heavy atom. The van der Waals surface area contributed by atoms with Crippen molar-refractivity contribution in [3.63, 3.8) is 0 Å². The van der Waals surface area contributed by atoms with Gasteiger partial charge in [-0.3, -0.25) is 0 Å². The van der Waals surface area contributed by atoms with E-state index in [0.29, 0.717) is 42.7 Å². The molecule has 32 heavy (non-hydrogen) atoms. The van der Waals surface area contributed by atoms with Gasteiger partial charge in [-0.2, -0.15) is 0 Å². The Hall–Kier alpha value is -3.44. The van der Waals surface area contributed by atoms with Crippen molar-refractivity contribution in [2.24, 2.45) is 0 Å². The highest BCUT2D eigenvalue weighted by Gasteiger charge is 2.25. The number of benzene rings is 3. The highest BCUT2D eigenvalue weighted by Crippen LogP contribution is 2.40. The van der Waals surface area contributed by atoms with Gasteiger partial charge in [-0.1, -0.05) is 48.9 Å². The molecule has 0 atom stereocenters. The van der Waals surface area contributed by atoms with Crippen molar-refractivity contribution in [2.45, 2.75) is 26.5 Å². The van der Waals surface area contributed by atoms with Crippen LogP contribution in [0, 0.1) is 0 Å². The van der Waals surface area contributed by atoms with Gasteiger partial charge in [-0.15, -0.1) is 0 Å². The molecule has 5 rings (SSSR count). The Morgan fingerprint density at radius 2 is 1.84 bits per heavy atom. The lowest BCUT2D eigenvalue weighted by atomic mass is 10.0. The lowest BCUT2D eigenvalue weighted by Crippen LogP contribution is -2.32. The highest BCUT2D eigenvalue weighted by atomic mass is 35.5. The molecule has 0 saturated heterocycles. The summed E-state index contributed by atoms with van der Waals surface area (Å²) in [6, 6.07) is 21.3. The van der Waals surface area contributed by atoms with E-state index < -0.39 is 0 Å². The molecule has 6 heteroatoms. The monoisotopic (exact) mass is 447 g/mol. The standard InChI is InChI=1S/C26H22ClNO4/c1-2-18-12-24(29)32-25-21(18)13-23(27)26-22(25)14-28(16-31-26)19-8-10-20(11-9-19)30-15-17-6-4-3-5-7-17/h3-13H,2,14-16H2,1H3. The summed E-state index contributed by atoms with van der Waals surface area (Å²) in [6.45, 7) is 3.39. The summed E-state index contributed by atoms with van der Waals surface area (Å²) in [5.74, 6) is 1.37. The van der Waals surface area contributed by atoms with Gasteiger partial charge >= 0.3 is 5.63 Å². The van der Waals surface area contributed by atoms with Crippen molar-refractivity contribution in [1.29, 1.82) is 0 Å². The highest BCUT2D eigenvalue weighted by molar-refractivity contribution is 6.33. The maximum Gasteiger partial charge on any atom is 0.336 e. The van der Waals surface area contributed by atoms with Gasteiger partial charge < -0.3 is 18.8 Å². The summed E-state index contributed by atoms with van der Waals surface area (Å²) in [5, 5.41) is 1.38. The summed E-state index contributed by atoms with van der Waals surface area (Å²) < 4.78 is 17.5. The molecule has 2 heterocycles. The van der Waals surface area contributed by atoms with Gasteiger partial charge in [0.2, 0.25) is 0 Å².